The lowest BCUT2D eigenvalue weighted by atomic mass is 10.1. The maximum atomic E-state index is 11.9. The Morgan fingerprint density at radius 1 is 1.00 bits per heavy atom. The van der Waals surface area contributed by atoms with Gasteiger partial charge in [-0.1, -0.05) is 54.6 Å². The van der Waals surface area contributed by atoms with Gasteiger partial charge in [-0.25, -0.2) is 0 Å². The van der Waals surface area contributed by atoms with Crippen LogP contribution < -0.4 is 4.74 Å². The van der Waals surface area contributed by atoms with E-state index in [9.17, 15) is 4.79 Å². The molecule has 0 saturated heterocycles. The Labute approximate surface area is 132 Å². The molecule has 0 radical (unpaired) electrons. The van der Waals surface area contributed by atoms with Crippen molar-refractivity contribution in [2.24, 2.45) is 0 Å². The normalized spacial score (nSPS) is 10.8. The Hall–Kier alpha value is -2.35. The molecule has 0 aliphatic carbocycles. The Morgan fingerprint density at radius 2 is 1.73 bits per heavy atom. The molecule has 22 heavy (non-hydrogen) atoms. The SMILES string of the molecule is COc1ccccc1CCC(=O)/C=C/CCc1ccccc1. The lowest BCUT2D eigenvalue weighted by Crippen LogP contribution is -1.98. The van der Waals surface area contributed by atoms with Crippen LogP contribution in [-0.4, -0.2) is 12.9 Å². The van der Waals surface area contributed by atoms with Gasteiger partial charge in [-0.05, 0) is 42.5 Å². The van der Waals surface area contributed by atoms with E-state index in [1.165, 1.54) is 5.56 Å². The van der Waals surface area contributed by atoms with Gasteiger partial charge >= 0.3 is 0 Å². The Kier molecular flexibility index (Phi) is 6.43. The second-order valence-electron chi connectivity index (χ2n) is 5.20. The molecule has 0 saturated carbocycles. The summed E-state index contributed by atoms with van der Waals surface area (Å²) in [5.41, 5.74) is 2.38. The van der Waals surface area contributed by atoms with Gasteiger partial charge in [0, 0.05) is 6.42 Å². The Bertz CT molecular complexity index is 615. The highest BCUT2D eigenvalue weighted by molar-refractivity contribution is 5.89. The molecule has 0 amide bonds. The molecule has 0 bridgehead atoms. The highest BCUT2D eigenvalue weighted by Gasteiger charge is 2.03. The summed E-state index contributed by atoms with van der Waals surface area (Å²) in [6, 6.07) is 18.1. The van der Waals surface area contributed by atoms with Crippen molar-refractivity contribution in [3.8, 4) is 5.75 Å². The average molecular weight is 294 g/mol. The number of hydrogen-bond acceptors (Lipinski definition) is 2. The number of hydrogen-bond donors (Lipinski definition) is 0. The van der Waals surface area contributed by atoms with Crippen molar-refractivity contribution in [2.75, 3.05) is 7.11 Å². The first-order chi connectivity index (χ1) is 10.8. The zero-order valence-electron chi connectivity index (χ0n) is 13.0. The van der Waals surface area contributed by atoms with E-state index in [0.717, 1.165) is 24.2 Å². The number of methoxy groups -OCH3 is 1. The first kappa shape index (κ1) is 16.0. The molecule has 0 aliphatic heterocycles. The van der Waals surface area contributed by atoms with E-state index in [-0.39, 0.29) is 5.78 Å². The summed E-state index contributed by atoms with van der Waals surface area (Å²) >= 11 is 0. The van der Waals surface area contributed by atoms with Gasteiger partial charge in [-0.2, -0.15) is 0 Å². The number of allylic oxidation sites excluding steroid dienone is 2. The highest BCUT2D eigenvalue weighted by atomic mass is 16.5. The zero-order valence-corrected chi connectivity index (χ0v) is 13.0. The number of aryl methyl sites for hydroxylation is 2. The van der Waals surface area contributed by atoms with Crippen molar-refractivity contribution >= 4 is 5.78 Å². The second kappa shape index (κ2) is 8.83. The van der Waals surface area contributed by atoms with Crippen LogP contribution in [-0.2, 0) is 17.6 Å². The van der Waals surface area contributed by atoms with Crippen LogP contribution in [0.15, 0.2) is 66.7 Å². The molecular formula is C20H22O2. The minimum atomic E-state index is 0.166. The van der Waals surface area contributed by atoms with E-state index in [1.807, 2.05) is 48.5 Å². The van der Waals surface area contributed by atoms with E-state index in [2.05, 4.69) is 12.1 Å². The summed E-state index contributed by atoms with van der Waals surface area (Å²) < 4.78 is 5.30. The van der Waals surface area contributed by atoms with E-state index < -0.39 is 0 Å². The average Bonchev–Trinajstić information content (AvgIpc) is 2.58. The van der Waals surface area contributed by atoms with Gasteiger partial charge < -0.3 is 4.74 Å². The van der Waals surface area contributed by atoms with E-state index in [0.29, 0.717) is 12.8 Å². The lowest BCUT2D eigenvalue weighted by Gasteiger charge is -2.06. The maximum absolute atomic E-state index is 11.9. The van der Waals surface area contributed by atoms with E-state index in [1.54, 1.807) is 13.2 Å². The summed E-state index contributed by atoms with van der Waals surface area (Å²) in [5.74, 6) is 1.02. The number of carbonyl (C=O) groups is 1. The van der Waals surface area contributed by atoms with Crippen molar-refractivity contribution in [3.63, 3.8) is 0 Å². The number of carbonyl (C=O) groups excluding carboxylic acids is 1. The fraction of sp³-hybridized carbons (Fsp3) is 0.250. The van der Waals surface area contributed by atoms with Gasteiger partial charge in [-0.15, -0.1) is 0 Å². The molecule has 0 fully saturated rings. The van der Waals surface area contributed by atoms with Crippen LogP contribution in [0.5, 0.6) is 5.75 Å². The third-order valence-corrected chi connectivity index (χ3v) is 3.58. The third-order valence-electron chi connectivity index (χ3n) is 3.58. The van der Waals surface area contributed by atoms with Crippen molar-refractivity contribution in [1.29, 1.82) is 0 Å². The van der Waals surface area contributed by atoms with Crippen LogP contribution in [0.2, 0.25) is 0 Å². The quantitative estimate of drug-likeness (QED) is 0.675. The van der Waals surface area contributed by atoms with Gasteiger partial charge in [0.2, 0.25) is 0 Å². The summed E-state index contributed by atoms with van der Waals surface area (Å²) in [6.45, 7) is 0. The van der Waals surface area contributed by atoms with Crippen molar-refractivity contribution < 1.29 is 9.53 Å². The molecule has 114 valence electrons. The first-order valence-corrected chi connectivity index (χ1v) is 7.65. The van der Waals surface area contributed by atoms with Gasteiger partial charge in [0.15, 0.2) is 5.78 Å². The van der Waals surface area contributed by atoms with Crippen LogP contribution >= 0.6 is 0 Å². The van der Waals surface area contributed by atoms with Gasteiger partial charge in [0.1, 0.15) is 5.75 Å². The summed E-state index contributed by atoms with van der Waals surface area (Å²) in [5, 5.41) is 0. The van der Waals surface area contributed by atoms with Gasteiger partial charge in [0.25, 0.3) is 0 Å². The molecule has 2 aromatic rings. The van der Waals surface area contributed by atoms with Crippen LogP contribution in [0, 0.1) is 0 Å². The molecule has 2 rings (SSSR count). The Balaban J connectivity index is 1.74. The summed E-state index contributed by atoms with van der Waals surface area (Å²) in [7, 11) is 1.66. The lowest BCUT2D eigenvalue weighted by molar-refractivity contribution is -0.114. The monoisotopic (exact) mass is 294 g/mol. The number of para-hydroxylation sites is 1. The summed E-state index contributed by atoms with van der Waals surface area (Å²) in [4.78, 5) is 11.9. The van der Waals surface area contributed by atoms with Crippen molar-refractivity contribution in [3.05, 3.63) is 77.9 Å². The minimum Gasteiger partial charge on any atom is -0.496 e. The van der Waals surface area contributed by atoms with Gasteiger partial charge in [-0.3, -0.25) is 4.79 Å². The van der Waals surface area contributed by atoms with Crippen LogP contribution in [0.3, 0.4) is 0 Å². The second-order valence-corrected chi connectivity index (χ2v) is 5.20. The first-order valence-electron chi connectivity index (χ1n) is 7.65. The topological polar surface area (TPSA) is 26.3 Å². The predicted molar refractivity (Wildman–Crippen MR) is 90.2 cm³/mol. The predicted octanol–water partition coefficient (Wildman–Crippen LogP) is 4.39. The standard InChI is InChI=1S/C20H22O2/c1-22-20-14-8-6-12-18(20)15-16-19(21)13-7-5-11-17-9-3-2-4-10-17/h2-4,6-10,12-14H,5,11,15-16H2,1H3/b13-7+. The number of ketones is 1. The van der Waals surface area contributed by atoms with Crippen LogP contribution in [0.1, 0.15) is 24.0 Å². The van der Waals surface area contributed by atoms with E-state index in [4.69, 9.17) is 4.74 Å². The maximum Gasteiger partial charge on any atom is 0.155 e. The molecule has 0 atom stereocenters. The third kappa shape index (κ3) is 5.21. The highest BCUT2D eigenvalue weighted by Crippen LogP contribution is 2.18. The van der Waals surface area contributed by atoms with E-state index >= 15 is 0 Å². The molecule has 0 unspecified atom stereocenters. The fourth-order valence-corrected chi connectivity index (χ4v) is 2.36. The minimum absolute atomic E-state index is 0.166. The molecule has 2 heteroatoms. The number of benzene rings is 2. The fourth-order valence-electron chi connectivity index (χ4n) is 2.36. The van der Waals surface area contributed by atoms with Gasteiger partial charge in [0.05, 0.1) is 7.11 Å². The molecule has 0 aliphatic rings. The zero-order chi connectivity index (χ0) is 15.6. The molecule has 0 heterocycles. The smallest absolute Gasteiger partial charge is 0.155 e. The van der Waals surface area contributed by atoms with Crippen LogP contribution in [0.4, 0.5) is 0 Å². The number of rotatable bonds is 8. The van der Waals surface area contributed by atoms with Crippen molar-refractivity contribution in [2.45, 2.75) is 25.7 Å². The molecule has 2 aromatic carbocycles. The molecule has 0 N–H and O–H groups in total. The molecular weight excluding hydrogens is 272 g/mol. The largest absolute Gasteiger partial charge is 0.496 e. The summed E-state index contributed by atoms with van der Waals surface area (Å²) in [6.07, 6.45) is 6.77. The molecule has 0 spiro atoms. The van der Waals surface area contributed by atoms with Crippen molar-refractivity contribution in [1.82, 2.24) is 0 Å². The molecule has 2 nitrogen and oxygen atoms in total. The molecule has 0 aromatic heterocycles. The Morgan fingerprint density at radius 3 is 2.50 bits per heavy atom. The number of ether oxygens (including phenoxy) is 1. The van der Waals surface area contributed by atoms with Crippen LogP contribution in [0.25, 0.3) is 0 Å².